The zero-order valence-electron chi connectivity index (χ0n) is 42.9. The Kier molecular flexibility index (Phi) is 50.6. The molecule has 0 saturated heterocycles. The Balaban J connectivity index is 4.52. The molecule has 0 aromatic rings. The predicted molar refractivity (Wildman–Crippen MR) is 288 cm³/mol. The van der Waals surface area contributed by atoms with E-state index in [2.05, 4.69) is 154 Å². The molecule has 0 aliphatic rings. The van der Waals surface area contributed by atoms with Crippen molar-refractivity contribution in [2.24, 2.45) is 0 Å². The summed E-state index contributed by atoms with van der Waals surface area (Å²) in [5.74, 6) is -0.993. The maximum Gasteiger partial charge on any atom is 0.306 e. The van der Waals surface area contributed by atoms with E-state index in [4.69, 9.17) is 14.2 Å². The van der Waals surface area contributed by atoms with E-state index in [-0.39, 0.29) is 37.5 Å². The minimum atomic E-state index is -0.818. The summed E-state index contributed by atoms with van der Waals surface area (Å²) >= 11 is 0. The van der Waals surface area contributed by atoms with E-state index < -0.39 is 6.10 Å². The first-order valence-corrected chi connectivity index (χ1v) is 26.7. The molecule has 0 N–H and O–H groups in total. The Bertz CT molecular complexity index is 1480. The van der Waals surface area contributed by atoms with Crippen LogP contribution < -0.4 is 0 Å². The Labute approximate surface area is 411 Å². The predicted octanol–water partition coefficient (Wildman–Crippen LogP) is 17.9. The summed E-state index contributed by atoms with van der Waals surface area (Å²) in [7, 11) is 0. The van der Waals surface area contributed by atoms with Crippen molar-refractivity contribution in [2.45, 2.75) is 219 Å². The molecule has 376 valence electrons. The van der Waals surface area contributed by atoms with Gasteiger partial charge in [0.25, 0.3) is 0 Å². The van der Waals surface area contributed by atoms with Crippen molar-refractivity contribution in [3.8, 4) is 0 Å². The summed E-state index contributed by atoms with van der Waals surface area (Å²) in [6, 6.07) is 0. The molecule has 6 nitrogen and oxygen atoms in total. The molecule has 1 atom stereocenters. The molecule has 0 radical (unpaired) electrons. The van der Waals surface area contributed by atoms with Crippen LogP contribution in [0.3, 0.4) is 0 Å². The van der Waals surface area contributed by atoms with Crippen LogP contribution in [0.15, 0.2) is 134 Å². The first-order valence-electron chi connectivity index (χ1n) is 26.7. The van der Waals surface area contributed by atoms with Crippen LogP contribution in [0.1, 0.15) is 213 Å². The molecule has 0 aromatic carbocycles. The first-order chi connectivity index (χ1) is 33.0. The Morgan fingerprint density at radius 2 is 0.537 bits per heavy atom. The zero-order chi connectivity index (χ0) is 48.6. The minimum absolute atomic E-state index is 0.113. The van der Waals surface area contributed by atoms with Crippen LogP contribution in [0.4, 0.5) is 0 Å². The van der Waals surface area contributed by atoms with Gasteiger partial charge in [-0.3, -0.25) is 14.4 Å². The van der Waals surface area contributed by atoms with Gasteiger partial charge in [0.1, 0.15) is 13.2 Å². The van der Waals surface area contributed by atoms with Gasteiger partial charge >= 0.3 is 17.9 Å². The van der Waals surface area contributed by atoms with Crippen molar-refractivity contribution >= 4 is 17.9 Å². The number of esters is 3. The van der Waals surface area contributed by atoms with Gasteiger partial charge in [-0.05, 0) is 128 Å². The van der Waals surface area contributed by atoms with Crippen molar-refractivity contribution in [1.29, 1.82) is 0 Å². The second-order valence-corrected chi connectivity index (χ2v) is 17.0. The van der Waals surface area contributed by atoms with Crippen LogP contribution in [-0.2, 0) is 28.6 Å². The number of ether oxygens (including phenoxy) is 3. The van der Waals surface area contributed by atoms with Crippen LogP contribution in [0.5, 0.6) is 0 Å². The minimum Gasteiger partial charge on any atom is -0.462 e. The molecular formula is C61H96O6. The summed E-state index contributed by atoms with van der Waals surface area (Å²) < 4.78 is 16.8. The molecule has 6 heteroatoms. The maximum absolute atomic E-state index is 12.8. The molecule has 0 bridgehead atoms. The molecule has 0 amide bonds. The fraction of sp³-hybridized carbons (Fsp3) is 0.590. The highest BCUT2D eigenvalue weighted by molar-refractivity contribution is 5.71. The van der Waals surface area contributed by atoms with Gasteiger partial charge in [-0.2, -0.15) is 0 Å². The number of rotatable bonds is 46. The molecule has 0 saturated carbocycles. The summed E-state index contributed by atoms with van der Waals surface area (Å²) in [6.45, 7) is 6.22. The van der Waals surface area contributed by atoms with E-state index in [1.807, 2.05) is 0 Å². The molecule has 0 aromatic heterocycles. The first kappa shape index (κ1) is 62.5. The third-order valence-corrected chi connectivity index (χ3v) is 10.6. The number of carbonyl (C=O) groups excluding carboxylic acids is 3. The second kappa shape index (κ2) is 54.2. The zero-order valence-corrected chi connectivity index (χ0v) is 42.9. The molecule has 0 rings (SSSR count). The molecule has 1 unspecified atom stereocenters. The van der Waals surface area contributed by atoms with E-state index in [0.29, 0.717) is 19.3 Å². The normalized spacial score (nSPS) is 13.2. The van der Waals surface area contributed by atoms with Gasteiger partial charge in [0, 0.05) is 19.3 Å². The summed E-state index contributed by atoms with van der Waals surface area (Å²) in [5, 5.41) is 0. The quantitative estimate of drug-likeness (QED) is 0.0262. The molecule has 67 heavy (non-hydrogen) atoms. The SMILES string of the molecule is CC/C=C\C/C=C\C/C=C\C/C=C\CCCCCCCCC(=O)OCC(COC(=O)CCCCCCC/C=C\C/C=C\C/C=C\CC)OC(=O)CCCC/C=C\C/C=C\C/C=C\C/C=C\CC. The molecule has 0 fully saturated rings. The van der Waals surface area contributed by atoms with Crippen LogP contribution in [-0.4, -0.2) is 37.2 Å². The topological polar surface area (TPSA) is 78.9 Å². The van der Waals surface area contributed by atoms with Crippen molar-refractivity contribution in [3.63, 3.8) is 0 Å². The largest absolute Gasteiger partial charge is 0.462 e. The highest BCUT2D eigenvalue weighted by atomic mass is 16.6. The fourth-order valence-electron chi connectivity index (χ4n) is 6.73. The monoisotopic (exact) mass is 925 g/mol. The van der Waals surface area contributed by atoms with E-state index in [0.717, 1.165) is 154 Å². The third kappa shape index (κ3) is 52.4. The smallest absolute Gasteiger partial charge is 0.306 e. The molecule has 0 aliphatic carbocycles. The molecular weight excluding hydrogens is 829 g/mol. The number of hydrogen-bond donors (Lipinski definition) is 0. The lowest BCUT2D eigenvalue weighted by Gasteiger charge is -2.18. The summed E-state index contributed by atoms with van der Waals surface area (Å²) in [6.07, 6.45) is 75.8. The Morgan fingerprint density at radius 1 is 0.299 bits per heavy atom. The van der Waals surface area contributed by atoms with E-state index in [9.17, 15) is 14.4 Å². The fourth-order valence-corrected chi connectivity index (χ4v) is 6.73. The number of allylic oxidation sites excluding steroid dienone is 22. The summed E-state index contributed by atoms with van der Waals surface area (Å²) in [4.78, 5) is 38.1. The average Bonchev–Trinajstić information content (AvgIpc) is 3.33. The van der Waals surface area contributed by atoms with Gasteiger partial charge in [-0.25, -0.2) is 0 Å². The number of unbranched alkanes of at least 4 members (excludes halogenated alkanes) is 13. The van der Waals surface area contributed by atoms with Gasteiger partial charge in [-0.15, -0.1) is 0 Å². The van der Waals surface area contributed by atoms with E-state index in [1.54, 1.807) is 0 Å². The number of carbonyl (C=O) groups is 3. The Hall–Kier alpha value is -4.45. The van der Waals surface area contributed by atoms with Crippen molar-refractivity contribution < 1.29 is 28.6 Å². The van der Waals surface area contributed by atoms with Gasteiger partial charge in [0.15, 0.2) is 6.10 Å². The van der Waals surface area contributed by atoms with E-state index in [1.165, 1.54) is 12.8 Å². The van der Waals surface area contributed by atoms with E-state index >= 15 is 0 Å². The van der Waals surface area contributed by atoms with Crippen LogP contribution in [0.2, 0.25) is 0 Å². The van der Waals surface area contributed by atoms with Gasteiger partial charge in [0.05, 0.1) is 0 Å². The molecule has 0 spiro atoms. The van der Waals surface area contributed by atoms with Crippen molar-refractivity contribution in [2.75, 3.05) is 13.2 Å². The second-order valence-electron chi connectivity index (χ2n) is 17.0. The van der Waals surface area contributed by atoms with Crippen LogP contribution >= 0.6 is 0 Å². The van der Waals surface area contributed by atoms with Crippen LogP contribution in [0.25, 0.3) is 0 Å². The highest BCUT2D eigenvalue weighted by Gasteiger charge is 2.19. The van der Waals surface area contributed by atoms with Crippen LogP contribution in [0, 0.1) is 0 Å². The number of hydrogen-bond acceptors (Lipinski definition) is 6. The van der Waals surface area contributed by atoms with Crippen molar-refractivity contribution in [1.82, 2.24) is 0 Å². The lowest BCUT2D eigenvalue weighted by Crippen LogP contribution is -2.30. The lowest BCUT2D eigenvalue weighted by atomic mass is 10.1. The maximum atomic E-state index is 12.8. The standard InChI is InChI=1S/C61H96O6/c1-4-7-10-13-16-19-22-25-28-29-30-31-34-36-39-42-45-48-51-54-60(63)66-57-58(67-61(64)55-52-49-46-43-40-37-33-27-24-21-18-15-12-9-6-3)56-65-59(62)53-50-47-44-41-38-35-32-26-23-20-17-14-11-8-5-2/h7-12,16-21,25-28,30-33,40,43,58H,4-6,13-15,22-24,29,34-39,41-42,44-57H2,1-3H3/b10-7-,11-8-,12-9-,19-16-,20-17-,21-18-,28-25-,31-30-,32-26-,33-27-,43-40-. The van der Waals surface area contributed by atoms with Gasteiger partial charge < -0.3 is 14.2 Å². The van der Waals surface area contributed by atoms with Gasteiger partial charge in [0.2, 0.25) is 0 Å². The lowest BCUT2D eigenvalue weighted by molar-refractivity contribution is -0.167. The third-order valence-electron chi connectivity index (χ3n) is 10.6. The Morgan fingerprint density at radius 3 is 0.866 bits per heavy atom. The average molecular weight is 925 g/mol. The summed E-state index contributed by atoms with van der Waals surface area (Å²) in [5.41, 5.74) is 0. The van der Waals surface area contributed by atoms with Gasteiger partial charge in [-0.1, -0.05) is 199 Å². The molecule has 0 aliphatic heterocycles. The van der Waals surface area contributed by atoms with Crippen molar-refractivity contribution in [3.05, 3.63) is 134 Å². The molecule has 0 heterocycles. The highest BCUT2D eigenvalue weighted by Crippen LogP contribution is 2.13.